The topological polar surface area (TPSA) is 55.7 Å². The maximum Gasteiger partial charge on any atom is 0.279 e. The quantitative estimate of drug-likeness (QED) is 0.661. The summed E-state index contributed by atoms with van der Waals surface area (Å²) in [7, 11) is 3.66. The molecule has 3 aromatic rings. The highest BCUT2D eigenvalue weighted by Crippen LogP contribution is 2.25. The molecule has 0 spiro atoms. The monoisotopic (exact) mass is 382 g/mol. The van der Waals surface area contributed by atoms with Gasteiger partial charge in [-0.1, -0.05) is 17.7 Å². The number of aromatic nitrogens is 1. The van der Waals surface area contributed by atoms with Crippen molar-refractivity contribution in [1.82, 2.24) is 4.98 Å². The van der Waals surface area contributed by atoms with Crippen molar-refractivity contribution in [1.29, 1.82) is 0 Å². The maximum atomic E-state index is 12.2. The number of rotatable bonds is 7. The molecule has 0 bridgehead atoms. The lowest BCUT2D eigenvalue weighted by atomic mass is 10.2. The number of amides is 1. The second-order valence-corrected chi connectivity index (χ2v) is 7.46. The van der Waals surface area contributed by atoms with Gasteiger partial charge in [-0.25, -0.2) is 4.98 Å². The number of carbonyl (C=O) groups excluding carboxylic acids is 1. The molecular weight excluding hydrogens is 358 g/mol. The van der Waals surface area contributed by atoms with E-state index in [2.05, 4.69) is 10.7 Å². The molecule has 2 N–H and O–H groups in total. The van der Waals surface area contributed by atoms with Crippen LogP contribution in [-0.2, 0) is 11.3 Å². The molecule has 1 amide bonds. The summed E-state index contributed by atoms with van der Waals surface area (Å²) in [4.78, 5) is 18.0. The maximum absolute atomic E-state index is 12.2. The highest BCUT2D eigenvalue weighted by Gasteiger charge is 2.13. The predicted molar refractivity (Wildman–Crippen MR) is 109 cm³/mol. The fourth-order valence-corrected chi connectivity index (χ4v) is 3.57. The summed E-state index contributed by atoms with van der Waals surface area (Å²) >= 11 is 1.62. The first-order valence-corrected chi connectivity index (χ1v) is 9.68. The van der Waals surface area contributed by atoms with Crippen LogP contribution < -0.4 is 15.0 Å². The number of ether oxygens (including phenoxy) is 1. The van der Waals surface area contributed by atoms with Crippen LogP contribution in [0.3, 0.4) is 0 Å². The number of quaternary nitrogens is 1. The molecule has 0 aliphatic carbocycles. The van der Waals surface area contributed by atoms with Gasteiger partial charge in [0.25, 0.3) is 5.91 Å². The lowest BCUT2D eigenvalue weighted by molar-refractivity contribution is -0.885. The van der Waals surface area contributed by atoms with E-state index < -0.39 is 0 Å². The Morgan fingerprint density at radius 2 is 1.85 bits per heavy atom. The Labute approximate surface area is 163 Å². The van der Waals surface area contributed by atoms with Crippen molar-refractivity contribution in [2.24, 2.45) is 0 Å². The number of carbonyl (C=O) groups is 1. The number of thiazole rings is 1. The minimum atomic E-state index is 0.00182. The molecule has 0 saturated heterocycles. The van der Waals surface area contributed by atoms with Crippen LogP contribution in [0.15, 0.2) is 53.9 Å². The van der Waals surface area contributed by atoms with Gasteiger partial charge in [0.2, 0.25) is 0 Å². The molecule has 6 heteroatoms. The Hall–Kier alpha value is -2.70. The zero-order valence-electron chi connectivity index (χ0n) is 15.8. The van der Waals surface area contributed by atoms with E-state index in [9.17, 15) is 4.79 Å². The van der Waals surface area contributed by atoms with Gasteiger partial charge in [0.15, 0.2) is 6.54 Å². The van der Waals surface area contributed by atoms with Gasteiger partial charge in [0, 0.05) is 16.6 Å². The number of hydrogen-bond acceptors (Lipinski definition) is 4. The van der Waals surface area contributed by atoms with Gasteiger partial charge in [0.1, 0.15) is 23.0 Å². The molecule has 1 atom stereocenters. The van der Waals surface area contributed by atoms with Crippen LogP contribution in [0.5, 0.6) is 5.75 Å². The summed E-state index contributed by atoms with van der Waals surface area (Å²) in [5.41, 5.74) is 4.06. The smallest absolute Gasteiger partial charge is 0.279 e. The van der Waals surface area contributed by atoms with E-state index >= 15 is 0 Å². The van der Waals surface area contributed by atoms with Crippen molar-refractivity contribution >= 4 is 22.9 Å². The Morgan fingerprint density at radius 3 is 2.52 bits per heavy atom. The fraction of sp³-hybridized carbons (Fsp3) is 0.238. The van der Waals surface area contributed by atoms with Crippen molar-refractivity contribution in [3.8, 4) is 16.3 Å². The number of nitrogens with zero attached hydrogens (tertiary/aromatic N) is 1. The van der Waals surface area contributed by atoms with Gasteiger partial charge >= 0.3 is 0 Å². The molecule has 0 radical (unpaired) electrons. The van der Waals surface area contributed by atoms with E-state index in [1.807, 2.05) is 62.5 Å². The first kappa shape index (κ1) is 19.1. The highest BCUT2D eigenvalue weighted by molar-refractivity contribution is 7.13. The second-order valence-electron chi connectivity index (χ2n) is 6.60. The third-order valence-corrected chi connectivity index (χ3v) is 5.11. The molecular formula is C21H24N3O2S+. The Morgan fingerprint density at radius 1 is 1.15 bits per heavy atom. The van der Waals surface area contributed by atoms with Crippen LogP contribution in [0.1, 0.15) is 11.3 Å². The lowest BCUT2D eigenvalue weighted by Gasteiger charge is -2.12. The molecule has 1 unspecified atom stereocenters. The average molecular weight is 383 g/mol. The van der Waals surface area contributed by atoms with E-state index in [0.717, 1.165) is 32.6 Å². The number of benzene rings is 2. The van der Waals surface area contributed by atoms with Crippen LogP contribution in [0.25, 0.3) is 10.6 Å². The van der Waals surface area contributed by atoms with Crippen molar-refractivity contribution in [3.63, 3.8) is 0 Å². The summed E-state index contributed by atoms with van der Waals surface area (Å²) < 4.78 is 5.19. The molecule has 1 heterocycles. The van der Waals surface area contributed by atoms with Crippen LogP contribution >= 0.6 is 11.3 Å². The zero-order chi connectivity index (χ0) is 19.2. The molecule has 1 aromatic heterocycles. The van der Waals surface area contributed by atoms with Gasteiger partial charge in [-0.3, -0.25) is 4.79 Å². The van der Waals surface area contributed by atoms with Gasteiger partial charge in [-0.05, 0) is 43.3 Å². The van der Waals surface area contributed by atoms with E-state index in [1.165, 1.54) is 5.56 Å². The van der Waals surface area contributed by atoms with Gasteiger partial charge in [-0.15, -0.1) is 11.3 Å². The first-order valence-electron chi connectivity index (χ1n) is 8.80. The van der Waals surface area contributed by atoms with Gasteiger partial charge in [-0.2, -0.15) is 0 Å². The Balaban J connectivity index is 1.54. The van der Waals surface area contributed by atoms with E-state index in [-0.39, 0.29) is 5.91 Å². The molecule has 140 valence electrons. The standard InChI is InChI=1S/C21H23N3O2S/c1-15-4-8-17(9-5-15)22-20(25)13-24(2)12-18-14-27-21(23-18)16-6-10-19(26-3)11-7-16/h4-11,14H,12-13H2,1-3H3,(H,22,25)/p+1. The van der Waals surface area contributed by atoms with E-state index in [4.69, 9.17) is 9.72 Å². The molecule has 5 nitrogen and oxygen atoms in total. The lowest BCUT2D eigenvalue weighted by Crippen LogP contribution is -3.08. The number of anilines is 1. The van der Waals surface area contributed by atoms with E-state index in [1.54, 1.807) is 18.4 Å². The largest absolute Gasteiger partial charge is 0.497 e. The summed E-state index contributed by atoms with van der Waals surface area (Å²) in [5, 5.41) is 5.97. The number of methoxy groups -OCH3 is 1. The van der Waals surface area contributed by atoms with Crippen LogP contribution in [0.2, 0.25) is 0 Å². The predicted octanol–water partition coefficient (Wildman–Crippen LogP) is 2.78. The minimum absolute atomic E-state index is 0.00182. The number of likely N-dealkylation sites (N-methyl/N-ethyl adjacent to an activating group) is 1. The fourth-order valence-electron chi connectivity index (χ4n) is 2.74. The summed E-state index contributed by atoms with van der Waals surface area (Å²) in [5.74, 6) is 0.834. The van der Waals surface area contributed by atoms with Crippen LogP contribution in [-0.4, -0.2) is 31.6 Å². The third kappa shape index (κ3) is 5.39. The SMILES string of the molecule is COc1ccc(-c2nc(C[NH+](C)CC(=O)Nc3ccc(C)cc3)cs2)cc1. The molecule has 0 saturated carbocycles. The molecule has 0 aliphatic heterocycles. The van der Waals surface area contributed by atoms with Crippen molar-refractivity contribution in [3.05, 3.63) is 65.2 Å². The third-order valence-electron chi connectivity index (χ3n) is 4.17. The average Bonchev–Trinajstić information content (AvgIpc) is 3.12. The summed E-state index contributed by atoms with van der Waals surface area (Å²) in [6.07, 6.45) is 0. The van der Waals surface area contributed by atoms with Gasteiger partial charge < -0.3 is 15.0 Å². The van der Waals surface area contributed by atoms with Crippen molar-refractivity contribution < 1.29 is 14.4 Å². The number of nitrogens with one attached hydrogen (secondary N) is 2. The zero-order valence-corrected chi connectivity index (χ0v) is 16.6. The normalized spacial score (nSPS) is 11.8. The van der Waals surface area contributed by atoms with Gasteiger partial charge in [0.05, 0.1) is 14.2 Å². The van der Waals surface area contributed by atoms with E-state index in [0.29, 0.717) is 13.1 Å². The molecule has 0 fully saturated rings. The Bertz CT molecular complexity index is 889. The summed E-state index contributed by atoms with van der Waals surface area (Å²) in [6, 6.07) is 15.7. The Kier molecular flexibility index (Phi) is 6.21. The highest BCUT2D eigenvalue weighted by atomic mass is 32.1. The molecule has 27 heavy (non-hydrogen) atoms. The minimum Gasteiger partial charge on any atom is -0.497 e. The van der Waals surface area contributed by atoms with Crippen molar-refractivity contribution in [2.45, 2.75) is 13.5 Å². The van der Waals surface area contributed by atoms with Crippen LogP contribution in [0.4, 0.5) is 5.69 Å². The number of aryl methyl sites for hydroxylation is 1. The molecule has 3 rings (SSSR count). The van der Waals surface area contributed by atoms with Crippen LogP contribution in [0, 0.1) is 6.92 Å². The van der Waals surface area contributed by atoms with Crippen molar-refractivity contribution in [2.75, 3.05) is 26.0 Å². The first-order chi connectivity index (χ1) is 13.0. The second kappa shape index (κ2) is 8.79. The summed E-state index contributed by atoms with van der Waals surface area (Å²) in [6.45, 7) is 3.12. The molecule has 0 aliphatic rings. The molecule has 2 aromatic carbocycles. The number of hydrogen-bond donors (Lipinski definition) is 2.